The van der Waals surface area contributed by atoms with Crippen molar-refractivity contribution in [2.45, 2.75) is 11.3 Å². The summed E-state index contributed by atoms with van der Waals surface area (Å²) in [5.41, 5.74) is 4.70. The van der Waals surface area contributed by atoms with Crippen molar-refractivity contribution in [2.75, 3.05) is 0 Å². The van der Waals surface area contributed by atoms with Crippen LogP contribution in [0.25, 0.3) is 0 Å². The second kappa shape index (κ2) is 3.28. The fourth-order valence-electron chi connectivity index (χ4n) is 0.502. The van der Waals surface area contributed by atoms with Gasteiger partial charge in [-0.15, -0.1) is 0 Å². The Balaban J connectivity index is 5.21. The zero-order valence-corrected chi connectivity index (χ0v) is 6.98. The van der Waals surface area contributed by atoms with Gasteiger partial charge in [0.15, 0.2) is 0 Å². The summed E-state index contributed by atoms with van der Waals surface area (Å²) in [6, 6.07) is 0. The molecule has 13 heavy (non-hydrogen) atoms. The smallest absolute Gasteiger partial charge is 0.342 e. The molecule has 1 atom stereocenters. The molecule has 5 N–H and O–H groups in total. The van der Waals surface area contributed by atoms with Gasteiger partial charge in [-0.2, -0.15) is 8.42 Å². The van der Waals surface area contributed by atoms with E-state index in [0.29, 0.717) is 0 Å². The quantitative estimate of drug-likeness (QED) is 0.394. The first-order valence-corrected chi connectivity index (χ1v) is 4.26. The third-order valence-electron chi connectivity index (χ3n) is 1.24. The molecule has 0 bridgehead atoms. The second-order valence-corrected chi connectivity index (χ2v) is 3.92. The molecule has 8 nitrogen and oxygen atoms in total. The molecule has 0 spiro atoms. The van der Waals surface area contributed by atoms with Crippen LogP contribution in [0.15, 0.2) is 0 Å². The third kappa shape index (κ3) is 2.37. The van der Waals surface area contributed by atoms with Crippen LogP contribution in [-0.2, 0) is 19.7 Å². The Labute approximate surface area is 72.7 Å². The van der Waals surface area contributed by atoms with E-state index in [-0.39, 0.29) is 0 Å². The van der Waals surface area contributed by atoms with Gasteiger partial charge < -0.3 is 15.9 Å². The summed E-state index contributed by atoms with van der Waals surface area (Å²) in [4.78, 5) is 17.1. The Morgan fingerprint density at radius 1 is 1.31 bits per heavy atom. The molecule has 0 aromatic rings. The number of carbonyl (C=O) groups is 2. The fourth-order valence-corrected chi connectivity index (χ4v) is 1.03. The molecule has 0 fully saturated rings. The van der Waals surface area contributed by atoms with Gasteiger partial charge in [0.2, 0.25) is 0 Å². The molecule has 0 aliphatic rings. The molecule has 0 saturated carbocycles. The minimum Gasteiger partial charge on any atom is -0.481 e. The van der Waals surface area contributed by atoms with E-state index < -0.39 is 33.3 Å². The highest BCUT2D eigenvalue weighted by Crippen LogP contribution is 2.14. The van der Waals surface area contributed by atoms with E-state index in [9.17, 15) is 18.0 Å². The maximum absolute atomic E-state index is 10.4. The number of carboxylic acids is 2. The van der Waals surface area contributed by atoms with E-state index in [1.54, 1.807) is 0 Å². The number of rotatable bonds is 4. The van der Waals surface area contributed by atoms with Crippen molar-refractivity contribution in [3.63, 3.8) is 0 Å². The van der Waals surface area contributed by atoms with E-state index >= 15 is 0 Å². The van der Waals surface area contributed by atoms with Crippen LogP contribution in [0.2, 0.25) is 0 Å². The minimum absolute atomic E-state index is 1.42. The average Bonchev–Trinajstić information content (AvgIpc) is 1.82. The van der Waals surface area contributed by atoms with Crippen LogP contribution in [0.1, 0.15) is 6.42 Å². The monoisotopic (exact) mass is 213 g/mol. The lowest BCUT2D eigenvalue weighted by Gasteiger charge is -2.18. The zero-order valence-electron chi connectivity index (χ0n) is 6.17. The van der Waals surface area contributed by atoms with Gasteiger partial charge in [-0.3, -0.25) is 9.35 Å². The molecule has 0 rings (SSSR count). The second-order valence-electron chi connectivity index (χ2n) is 2.24. The maximum atomic E-state index is 10.4. The van der Waals surface area contributed by atoms with Gasteiger partial charge in [0, 0.05) is 0 Å². The first-order chi connectivity index (χ1) is 5.61. The first-order valence-electron chi connectivity index (χ1n) is 2.82. The highest BCUT2D eigenvalue weighted by molar-refractivity contribution is 7.88. The van der Waals surface area contributed by atoms with Gasteiger partial charge in [0.25, 0.3) is 15.0 Å². The third-order valence-corrected chi connectivity index (χ3v) is 2.48. The standard InChI is InChI=1S/C4H7NO7S/c5-4(3(8)9,1-2(6)7)13(10,11)12/h1,5H2,(H,6,7)(H,8,9)(H,10,11,12)/t4-/m1/s1. The lowest BCUT2D eigenvalue weighted by molar-refractivity contribution is -0.146. The highest BCUT2D eigenvalue weighted by atomic mass is 32.2. The summed E-state index contributed by atoms with van der Waals surface area (Å²) in [5.74, 6) is -3.88. The van der Waals surface area contributed by atoms with Crippen LogP contribution in [0, 0.1) is 0 Å². The summed E-state index contributed by atoms with van der Waals surface area (Å²) in [6.07, 6.45) is -1.42. The molecule has 76 valence electrons. The van der Waals surface area contributed by atoms with Gasteiger partial charge in [-0.25, -0.2) is 4.79 Å². The van der Waals surface area contributed by atoms with E-state index in [1.807, 2.05) is 0 Å². The minimum atomic E-state index is -5.16. The predicted molar refractivity (Wildman–Crippen MR) is 38.4 cm³/mol. The van der Waals surface area contributed by atoms with Gasteiger partial charge >= 0.3 is 11.9 Å². The van der Waals surface area contributed by atoms with Crippen LogP contribution in [0.5, 0.6) is 0 Å². The van der Waals surface area contributed by atoms with Crippen molar-refractivity contribution >= 4 is 22.1 Å². The molecule has 0 heterocycles. The van der Waals surface area contributed by atoms with E-state index in [0.717, 1.165) is 0 Å². The van der Waals surface area contributed by atoms with Crippen molar-refractivity contribution in [1.82, 2.24) is 0 Å². The molecule has 9 heteroatoms. The van der Waals surface area contributed by atoms with Gasteiger partial charge in [0.05, 0.1) is 6.42 Å². The number of hydrogen-bond acceptors (Lipinski definition) is 5. The van der Waals surface area contributed by atoms with E-state index in [2.05, 4.69) is 0 Å². The van der Waals surface area contributed by atoms with Gasteiger partial charge in [-0.05, 0) is 0 Å². The number of hydrogen-bond donors (Lipinski definition) is 4. The van der Waals surface area contributed by atoms with Gasteiger partial charge in [0.1, 0.15) is 0 Å². The Kier molecular flexibility index (Phi) is 2.98. The highest BCUT2D eigenvalue weighted by Gasteiger charge is 2.49. The normalized spacial score (nSPS) is 16.2. The van der Waals surface area contributed by atoms with Crippen molar-refractivity contribution in [1.29, 1.82) is 0 Å². The summed E-state index contributed by atoms with van der Waals surface area (Å²) >= 11 is 0. The zero-order chi connectivity index (χ0) is 10.9. The van der Waals surface area contributed by atoms with Crippen molar-refractivity contribution in [3.05, 3.63) is 0 Å². The van der Waals surface area contributed by atoms with Crippen LogP contribution >= 0.6 is 0 Å². The predicted octanol–water partition coefficient (Wildman–Crippen LogP) is -1.91. The summed E-state index contributed by atoms with van der Waals surface area (Å²) in [7, 11) is -5.16. The Morgan fingerprint density at radius 2 is 1.69 bits per heavy atom. The molecular weight excluding hydrogens is 206 g/mol. The molecule has 0 aliphatic carbocycles. The Bertz CT molecular complexity index is 332. The molecule has 0 aromatic heterocycles. The van der Waals surface area contributed by atoms with Crippen molar-refractivity contribution in [2.24, 2.45) is 5.73 Å². The number of nitrogens with two attached hydrogens (primary N) is 1. The number of carboxylic acid groups (broad SMARTS) is 2. The SMILES string of the molecule is N[C@@](CC(=O)O)(C(=O)O)S(=O)(=O)O. The maximum Gasteiger partial charge on any atom is 0.342 e. The summed E-state index contributed by atoms with van der Waals surface area (Å²) < 4.78 is 29.2. The molecule has 0 amide bonds. The lowest BCUT2D eigenvalue weighted by Crippen LogP contribution is -2.55. The number of aliphatic carboxylic acids is 2. The molecule has 0 radical (unpaired) electrons. The Morgan fingerprint density at radius 3 is 1.77 bits per heavy atom. The molecule has 0 unspecified atom stereocenters. The molecule has 0 saturated heterocycles. The van der Waals surface area contributed by atoms with Crippen LogP contribution in [0.3, 0.4) is 0 Å². The fraction of sp³-hybridized carbons (Fsp3) is 0.500. The molecular formula is C4H7NO7S. The van der Waals surface area contributed by atoms with E-state index in [4.69, 9.17) is 20.5 Å². The van der Waals surface area contributed by atoms with E-state index in [1.165, 1.54) is 0 Å². The topological polar surface area (TPSA) is 155 Å². The first kappa shape index (κ1) is 11.8. The van der Waals surface area contributed by atoms with Crippen molar-refractivity contribution in [3.8, 4) is 0 Å². The largest absolute Gasteiger partial charge is 0.481 e. The van der Waals surface area contributed by atoms with Crippen molar-refractivity contribution < 1.29 is 32.8 Å². The van der Waals surface area contributed by atoms with Crippen LogP contribution < -0.4 is 5.73 Å². The Hall–Kier alpha value is -1.19. The van der Waals surface area contributed by atoms with Crippen LogP contribution in [0.4, 0.5) is 0 Å². The average molecular weight is 213 g/mol. The van der Waals surface area contributed by atoms with Crippen LogP contribution in [-0.4, -0.2) is 40.0 Å². The van der Waals surface area contributed by atoms with Gasteiger partial charge in [-0.1, -0.05) is 0 Å². The lowest BCUT2D eigenvalue weighted by atomic mass is 10.2. The molecule has 0 aliphatic heterocycles. The summed E-state index contributed by atoms with van der Waals surface area (Å²) in [5, 5.41) is 16.4. The molecule has 0 aromatic carbocycles. The summed E-state index contributed by atoms with van der Waals surface area (Å²) in [6.45, 7) is 0.